The number of aryl methyl sites for hydroxylation is 1. The van der Waals surface area contributed by atoms with E-state index in [9.17, 15) is 9.59 Å². The summed E-state index contributed by atoms with van der Waals surface area (Å²) in [4.78, 5) is 24.2. The summed E-state index contributed by atoms with van der Waals surface area (Å²) in [5, 5.41) is 5.80. The normalized spacial score (nSPS) is 21.0. The van der Waals surface area contributed by atoms with Crippen LogP contribution in [0.2, 0.25) is 0 Å². The van der Waals surface area contributed by atoms with Crippen molar-refractivity contribution in [2.45, 2.75) is 52.1 Å². The molecule has 22 heavy (non-hydrogen) atoms. The van der Waals surface area contributed by atoms with Gasteiger partial charge in [0.2, 0.25) is 5.91 Å². The number of carbonyl (C=O) groups excluding carboxylic acids is 2. The molecule has 0 radical (unpaired) electrons. The third kappa shape index (κ3) is 4.07. The van der Waals surface area contributed by atoms with Crippen LogP contribution in [0.1, 0.15) is 49.0 Å². The smallest absolute Gasteiger partial charge is 0.251 e. The van der Waals surface area contributed by atoms with Crippen LogP contribution in [0.15, 0.2) is 18.2 Å². The summed E-state index contributed by atoms with van der Waals surface area (Å²) in [5.74, 6) is -0.0712. The van der Waals surface area contributed by atoms with Crippen molar-refractivity contribution in [1.29, 1.82) is 0 Å². The molecule has 2 unspecified atom stereocenters. The van der Waals surface area contributed by atoms with Crippen LogP contribution < -0.4 is 16.4 Å². The highest BCUT2D eigenvalue weighted by Gasteiger charge is 2.27. The minimum absolute atomic E-state index is 0.000720. The van der Waals surface area contributed by atoms with Gasteiger partial charge in [-0.2, -0.15) is 0 Å². The number of nitrogens with one attached hydrogen (secondary N) is 2. The van der Waals surface area contributed by atoms with Crippen molar-refractivity contribution in [3.63, 3.8) is 0 Å². The standard InChI is InChI=1S/C17H25N3O2/c1-10(2)19-17(22)15-7-6-14(8-11(15)3)20-16(21)12-4-5-13(18)9-12/h6-8,10,12-13H,4-5,9,18H2,1-3H3,(H,19,22)(H,20,21). The van der Waals surface area contributed by atoms with Crippen LogP contribution in [0, 0.1) is 12.8 Å². The zero-order chi connectivity index (χ0) is 16.3. The molecule has 2 rings (SSSR count). The van der Waals surface area contributed by atoms with Crippen LogP contribution >= 0.6 is 0 Å². The SMILES string of the molecule is Cc1cc(NC(=O)C2CCC(N)C2)ccc1C(=O)NC(C)C. The number of rotatable bonds is 4. The monoisotopic (exact) mass is 303 g/mol. The van der Waals surface area contributed by atoms with Gasteiger partial charge in [-0.3, -0.25) is 9.59 Å². The van der Waals surface area contributed by atoms with E-state index in [0.717, 1.165) is 30.5 Å². The van der Waals surface area contributed by atoms with Gasteiger partial charge in [0.25, 0.3) is 5.91 Å². The molecule has 1 aliphatic carbocycles. The molecule has 0 spiro atoms. The highest BCUT2D eigenvalue weighted by atomic mass is 16.2. The minimum Gasteiger partial charge on any atom is -0.350 e. The molecule has 5 nitrogen and oxygen atoms in total. The second kappa shape index (κ2) is 6.92. The Kier molecular flexibility index (Phi) is 5.19. The Morgan fingerprint density at radius 1 is 1.27 bits per heavy atom. The third-order valence-electron chi connectivity index (χ3n) is 4.00. The maximum absolute atomic E-state index is 12.2. The first-order valence-electron chi connectivity index (χ1n) is 7.84. The van der Waals surface area contributed by atoms with E-state index < -0.39 is 0 Å². The van der Waals surface area contributed by atoms with Crippen molar-refractivity contribution >= 4 is 17.5 Å². The van der Waals surface area contributed by atoms with Gasteiger partial charge in [0.05, 0.1) is 0 Å². The van der Waals surface area contributed by atoms with Gasteiger partial charge in [0.1, 0.15) is 0 Å². The van der Waals surface area contributed by atoms with Crippen molar-refractivity contribution < 1.29 is 9.59 Å². The van der Waals surface area contributed by atoms with Gasteiger partial charge in [0, 0.05) is 29.3 Å². The molecular weight excluding hydrogens is 278 g/mol. The fourth-order valence-corrected chi connectivity index (χ4v) is 2.83. The van der Waals surface area contributed by atoms with Crippen LogP contribution in [-0.2, 0) is 4.79 Å². The molecule has 0 heterocycles. The molecule has 120 valence electrons. The van der Waals surface area contributed by atoms with E-state index in [2.05, 4.69) is 10.6 Å². The lowest BCUT2D eigenvalue weighted by molar-refractivity contribution is -0.119. The molecule has 0 bridgehead atoms. The molecule has 4 N–H and O–H groups in total. The maximum atomic E-state index is 12.2. The summed E-state index contributed by atoms with van der Waals surface area (Å²) >= 11 is 0. The van der Waals surface area contributed by atoms with Crippen LogP contribution in [0.3, 0.4) is 0 Å². The fourth-order valence-electron chi connectivity index (χ4n) is 2.83. The summed E-state index contributed by atoms with van der Waals surface area (Å²) < 4.78 is 0. The highest BCUT2D eigenvalue weighted by Crippen LogP contribution is 2.26. The van der Waals surface area contributed by atoms with Crippen molar-refractivity contribution in [3.05, 3.63) is 29.3 Å². The quantitative estimate of drug-likeness (QED) is 0.797. The van der Waals surface area contributed by atoms with Crippen molar-refractivity contribution in [1.82, 2.24) is 5.32 Å². The molecule has 0 aromatic heterocycles. The zero-order valence-electron chi connectivity index (χ0n) is 13.5. The van der Waals surface area contributed by atoms with Crippen LogP contribution in [-0.4, -0.2) is 23.9 Å². The predicted molar refractivity (Wildman–Crippen MR) is 87.7 cm³/mol. The molecule has 1 aromatic rings. The Morgan fingerprint density at radius 2 is 2.00 bits per heavy atom. The largest absolute Gasteiger partial charge is 0.350 e. The van der Waals surface area contributed by atoms with E-state index in [1.807, 2.05) is 26.8 Å². The lowest BCUT2D eigenvalue weighted by Gasteiger charge is -2.14. The molecule has 1 fully saturated rings. The Balaban J connectivity index is 2.03. The van der Waals surface area contributed by atoms with Crippen molar-refractivity contribution in [2.75, 3.05) is 5.32 Å². The number of amides is 2. The summed E-state index contributed by atoms with van der Waals surface area (Å²) in [6, 6.07) is 5.59. The fraction of sp³-hybridized carbons (Fsp3) is 0.529. The average molecular weight is 303 g/mol. The predicted octanol–water partition coefficient (Wildman–Crippen LogP) is 2.20. The summed E-state index contributed by atoms with van der Waals surface area (Å²) in [6.07, 6.45) is 2.51. The minimum atomic E-state index is -0.0906. The van der Waals surface area contributed by atoms with Gasteiger partial charge in [-0.1, -0.05) is 0 Å². The number of carbonyl (C=O) groups is 2. The molecule has 1 saturated carbocycles. The molecular formula is C17H25N3O2. The average Bonchev–Trinajstić information content (AvgIpc) is 2.84. The Hall–Kier alpha value is -1.88. The molecule has 1 aliphatic rings. The summed E-state index contributed by atoms with van der Waals surface area (Å²) in [6.45, 7) is 5.72. The van der Waals surface area contributed by atoms with E-state index in [-0.39, 0.29) is 29.8 Å². The zero-order valence-corrected chi connectivity index (χ0v) is 13.5. The van der Waals surface area contributed by atoms with Gasteiger partial charge in [-0.15, -0.1) is 0 Å². The van der Waals surface area contributed by atoms with Gasteiger partial charge >= 0.3 is 0 Å². The second-order valence-electron chi connectivity index (χ2n) is 6.42. The van der Waals surface area contributed by atoms with Gasteiger partial charge < -0.3 is 16.4 Å². The van der Waals surface area contributed by atoms with Crippen LogP contribution in [0.25, 0.3) is 0 Å². The lowest BCUT2D eigenvalue weighted by atomic mass is 10.0. The van der Waals surface area contributed by atoms with Crippen molar-refractivity contribution in [3.8, 4) is 0 Å². The first-order chi connectivity index (χ1) is 10.4. The first kappa shape index (κ1) is 16.5. The van der Waals surface area contributed by atoms with Gasteiger partial charge in [-0.05, 0) is 63.8 Å². The van der Waals surface area contributed by atoms with E-state index in [1.54, 1.807) is 12.1 Å². The van der Waals surface area contributed by atoms with Crippen molar-refractivity contribution in [2.24, 2.45) is 11.7 Å². The summed E-state index contributed by atoms with van der Waals surface area (Å²) in [7, 11) is 0. The lowest BCUT2D eigenvalue weighted by Crippen LogP contribution is -2.30. The number of hydrogen-bond donors (Lipinski definition) is 3. The Labute approximate surface area is 131 Å². The topological polar surface area (TPSA) is 84.2 Å². The number of benzene rings is 1. The maximum Gasteiger partial charge on any atom is 0.251 e. The molecule has 0 saturated heterocycles. The van der Waals surface area contributed by atoms with E-state index in [1.165, 1.54) is 0 Å². The van der Waals surface area contributed by atoms with Gasteiger partial charge in [0.15, 0.2) is 0 Å². The third-order valence-corrected chi connectivity index (χ3v) is 4.00. The molecule has 1 aromatic carbocycles. The Morgan fingerprint density at radius 3 is 2.55 bits per heavy atom. The number of nitrogens with two attached hydrogens (primary N) is 1. The second-order valence-corrected chi connectivity index (χ2v) is 6.42. The highest BCUT2D eigenvalue weighted by molar-refractivity contribution is 5.97. The molecule has 0 aliphatic heterocycles. The first-order valence-corrected chi connectivity index (χ1v) is 7.84. The Bertz CT molecular complexity index is 569. The molecule has 5 heteroatoms. The van der Waals surface area contributed by atoms with Crippen LogP contribution in [0.5, 0.6) is 0 Å². The van der Waals surface area contributed by atoms with Crippen LogP contribution in [0.4, 0.5) is 5.69 Å². The van der Waals surface area contributed by atoms with Gasteiger partial charge in [-0.25, -0.2) is 0 Å². The molecule has 2 atom stereocenters. The number of hydrogen-bond acceptors (Lipinski definition) is 3. The van der Waals surface area contributed by atoms with E-state index in [4.69, 9.17) is 5.73 Å². The van der Waals surface area contributed by atoms with E-state index >= 15 is 0 Å². The summed E-state index contributed by atoms with van der Waals surface area (Å²) in [5.41, 5.74) is 8.06. The molecule has 2 amide bonds. The number of anilines is 1. The van der Waals surface area contributed by atoms with E-state index in [0.29, 0.717) is 5.56 Å².